The molecule has 0 aliphatic heterocycles. The fraction of sp³-hybridized carbons (Fsp3) is 0.556. The number of anilines is 1. The maximum absolute atomic E-state index is 5.40. The van der Waals surface area contributed by atoms with Crippen LogP contribution in [0.1, 0.15) is 6.42 Å². The van der Waals surface area contributed by atoms with E-state index in [1.54, 1.807) is 12.3 Å². The summed E-state index contributed by atoms with van der Waals surface area (Å²) < 4.78 is 5.38. The van der Waals surface area contributed by atoms with Crippen LogP contribution in [0.4, 0.5) is 5.95 Å². The third-order valence-corrected chi connectivity index (χ3v) is 1.65. The second kappa shape index (κ2) is 5.39. The van der Waals surface area contributed by atoms with Crippen molar-refractivity contribution in [1.29, 1.82) is 0 Å². The Morgan fingerprint density at radius 1 is 1.50 bits per heavy atom. The second-order valence-electron chi connectivity index (χ2n) is 3.26. The van der Waals surface area contributed by atoms with E-state index in [1.807, 2.05) is 14.1 Å². The molecule has 0 aliphatic carbocycles. The standard InChI is InChI=1S/C9H16N4O/c1-13(2)6-3-7-14-8-4-5-11-9(10)12-8/h4-5H,3,6-7H2,1-2H3,(H2,10,11,12). The van der Waals surface area contributed by atoms with E-state index in [9.17, 15) is 0 Å². The first-order valence-corrected chi connectivity index (χ1v) is 4.54. The molecule has 0 fully saturated rings. The average molecular weight is 196 g/mol. The Kier molecular flexibility index (Phi) is 4.12. The molecule has 0 aromatic carbocycles. The van der Waals surface area contributed by atoms with E-state index in [1.165, 1.54) is 0 Å². The van der Waals surface area contributed by atoms with Crippen LogP contribution in [0.15, 0.2) is 12.3 Å². The van der Waals surface area contributed by atoms with Crippen LogP contribution in [0.5, 0.6) is 5.88 Å². The Morgan fingerprint density at radius 3 is 2.93 bits per heavy atom. The van der Waals surface area contributed by atoms with Gasteiger partial charge in [0.2, 0.25) is 11.8 Å². The van der Waals surface area contributed by atoms with Crippen LogP contribution in [0.3, 0.4) is 0 Å². The molecular weight excluding hydrogens is 180 g/mol. The summed E-state index contributed by atoms with van der Waals surface area (Å²) in [4.78, 5) is 9.80. The Bertz CT molecular complexity index is 277. The Hall–Kier alpha value is -1.36. The summed E-state index contributed by atoms with van der Waals surface area (Å²) in [6.45, 7) is 1.65. The number of nitrogens with zero attached hydrogens (tertiary/aromatic N) is 3. The van der Waals surface area contributed by atoms with Gasteiger partial charge < -0.3 is 15.4 Å². The molecule has 14 heavy (non-hydrogen) atoms. The summed E-state index contributed by atoms with van der Waals surface area (Å²) in [5, 5.41) is 0. The first kappa shape index (κ1) is 10.7. The third kappa shape index (κ3) is 4.04. The third-order valence-electron chi connectivity index (χ3n) is 1.65. The van der Waals surface area contributed by atoms with Gasteiger partial charge in [-0.15, -0.1) is 0 Å². The topological polar surface area (TPSA) is 64.3 Å². The van der Waals surface area contributed by atoms with Crippen molar-refractivity contribution in [1.82, 2.24) is 14.9 Å². The quantitative estimate of drug-likeness (QED) is 0.690. The maximum Gasteiger partial charge on any atom is 0.223 e. The van der Waals surface area contributed by atoms with E-state index in [4.69, 9.17) is 10.5 Å². The molecule has 5 heteroatoms. The molecule has 0 aliphatic rings. The molecule has 1 rings (SSSR count). The predicted octanol–water partition coefficient (Wildman–Crippen LogP) is 0.389. The van der Waals surface area contributed by atoms with E-state index in [-0.39, 0.29) is 5.95 Å². The van der Waals surface area contributed by atoms with Gasteiger partial charge in [-0.05, 0) is 20.5 Å². The number of nitrogen functional groups attached to an aromatic ring is 1. The molecule has 78 valence electrons. The van der Waals surface area contributed by atoms with Crippen LogP contribution in [0.25, 0.3) is 0 Å². The van der Waals surface area contributed by atoms with Gasteiger partial charge >= 0.3 is 0 Å². The van der Waals surface area contributed by atoms with Gasteiger partial charge in [0.15, 0.2) is 0 Å². The van der Waals surface area contributed by atoms with Crippen LogP contribution < -0.4 is 10.5 Å². The average Bonchev–Trinajstić information content (AvgIpc) is 2.12. The van der Waals surface area contributed by atoms with Gasteiger partial charge in [-0.2, -0.15) is 4.98 Å². The summed E-state index contributed by atoms with van der Waals surface area (Å²) in [6.07, 6.45) is 2.56. The minimum atomic E-state index is 0.245. The summed E-state index contributed by atoms with van der Waals surface area (Å²) in [5.74, 6) is 0.784. The Labute approximate surface area is 83.9 Å². The molecule has 1 aromatic heterocycles. The predicted molar refractivity (Wildman–Crippen MR) is 55.1 cm³/mol. The number of rotatable bonds is 5. The summed E-state index contributed by atoms with van der Waals surface area (Å²) in [6, 6.07) is 1.70. The maximum atomic E-state index is 5.40. The normalized spacial score (nSPS) is 10.5. The van der Waals surface area contributed by atoms with Crippen LogP contribution in [0.2, 0.25) is 0 Å². The van der Waals surface area contributed by atoms with Crippen molar-refractivity contribution >= 4 is 5.95 Å². The van der Waals surface area contributed by atoms with Crippen molar-refractivity contribution in [2.75, 3.05) is 33.0 Å². The van der Waals surface area contributed by atoms with Crippen molar-refractivity contribution < 1.29 is 4.74 Å². The van der Waals surface area contributed by atoms with Gasteiger partial charge in [0.25, 0.3) is 0 Å². The minimum Gasteiger partial charge on any atom is -0.477 e. The van der Waals surface area contributed by atoms with Crippen molar-refractivity contribution in [2.45, 2.75) is 6.42 Å². The van der Waals surface area contributed by atoms with Crippen molar-refractivity contribution in [3.05, 3.63) is 12.3 Å². The number of ether oxygens (including phenoxy) is 1. The number of nitrogens with two attached hydrogens (primary N) is 1. The minimum absolute atomic E-state index is 0.245. The van der Waals surface area contributed by atoms with E-state index in [2.05, 4.69) is 14.9 Å². The lowest BCUT2D eigenvalue weighted by Crippen LogP contribution is -2.15. The molecule has 0 atom stereocenters. The van der Waals surface area contributed by atoms with Gasteiger partial charge in [0.05, 0.1) is 6.61 Å². The Morgan fingerprint density at radius 2 is 2.29 bits per heavy atom. The highest BCUT2D eigenvalue weighted by Gasteiger charge is 1.96. The molecule has 0 radical (unpaired) electrons. The zero-order valence-corrected chi connectivity index (χ0v) is 8.60. The van der Waals surface area contributed by atoms with Crippen LogP contribution >= 0.6 is 0 Å². The molecule has 0 saturated carbocycles. The lowest BCUT2D eigenvalue weighted by Gasteiger charge is -2.09. The van der Waals surface area contributed by atoms with Crippen LogP contribution in [-0.4, -0.2) is 42.1 Å². The van der Waals surface area contributed by atoms with Crippen molar-refractivity contribution in [2.24, 2.45) is 0 Å². The Balaban J connectivity index is 2.25. The smallest absolute Gasteiger partial charge is 0.223 e. The van der Waals surface area contributed by atoms with Gasteiger partial charge in [-0.3, -0.25) is 0 Å². The number of hydrogen-bond acceptors (Lipinski definition) is 5. The molecule has 0 unspecified atom stereocenters. The number of aromatic nitrogens is 2. The van der Waals surface area contributed by atoms with Crippen LogP contribution in [-0.2, 0) is 0 Å². The second-order valence-corrected chi connectivity index (χ2v) is 3.26. The van der Waals surface area contributed by atoms with E-state index < -0.39 is 0 Å². The molecule has 1 heterocycles. The SMILES string of the molecule is CN(C)CCCOc1ccnc(N)n1. The molecule has 0 spiro atoms. The van der Waals surface area contributed by atoms with Gasteiger partial charge in [-0.1, -0.05) is 0 Å². The summed E-state index contributed by atoms with van der Waals surface area (Å²) >= 11 is 0. The lowest BCUT2D eigenvalue weighted by molar-refractivity contribution is 0.273. The largest absolute Gasteiger partial charge is 0.477 e. The molecule has 2 N–H and O–H groups in total. The zero-order valence-electron chi connectivity index (χ0n) is 8.60. The molecule has 5 nitrogen and oxygen atoms in total. The van der Waals surface area contributed by atoms with E-state index in [0.717, 1.165) is 13.0 Å². The highest BCUT2D eigenvalue weighted by Crippen LogP contribution is 2.05. The summed E-state index contributed by atoms with van der Waals surface area (Å²) in [7, 11) is 4.06. The van der Waals surface area contributed by atoms with E-state index in [0.29, 0.717) is 12.5 Å². The molecule has 1 aromatic rings. The monoisotopic (exact) mass is 196 g/mol. The van der Waals surface area contributed by atoms with Gasteiger partial charge in [0.1, 0.15) is 0 Å². The molecule has 0 amide bonds. The fourth-order valence-electron chi connectivity index (χ4n) is 0.994. The molecular formula is C9H16N4O. The first-order chi connectivity index (χ1) is 6.68. The van der Waals surface area contributed by atoms with Gasteiger partial charge in [-0.25, -0.2) is 4.98 Å². The molecule has 0 saturated heterocycles. The number of hydrogen-bond donors (Lipinski definition) is 1. The van der Waals surface area contributed by atoms with Gasteiger partial charge in [0, 0.05) is 18.8 Å². The zero-order chi connectivity index (χ0) is 10.4. The van der Waals surface area contributed by atoms with Crippen LogP contribution in [0, 0.1) is 0 Å². The fourth-order valence-corrected chi connectivity index (χ4v) is 0.994. The first-order valence-electron chi connectivity index (χ1n) is 4.54. The highest BCUT2D eigenvalue weighted by atomic mass is 16.5. The summed E-state index contributed by atoms with van der Waals surface area (Å²) in [5.41, 5.74) is 5.40. The van der Waals surface area contributed by atoms with Crippen molar-refractivity contribution in [3.63, 3.8) is 0 Å². The molecule has 0 bridgehead atoms. The van der Waals surface area contributed by atoms with Crippen molar-refractivity contribution in [3.8, 4) is 5.88 Å². The lowest BCUT2D eigenvalue weighted by atomic mass is 10.4. The highest BCUT2D eigenvalue weighted by molar-refractivity contribution is 5.20. The van der Waals surface area contributed by atoms with E-state index >= 15 is 0 Å².